The van der Waals surface area contributed by atoms with E-state index in [4.69, 9.17) is 4.98 Å². The maximum Gasteiger partial charge on any atom is 0.256 e. The second-order valence-corrected chi connectivity index (χ2v) is 9.40. The van der Waals surface area contributed by atoms with Gasteiger partial charge in [0.2, 0.25) is 10.0 Å². The third-order valence-corrected chi connectivity index (χ3v) is 7.46. The number of nitrogens with one attached hydrogen (secondary N) is 1. The van der Waals surface area contributed by atoms with Gasteiger partial charge in [0.1, 0.15) is 0 Å². The lowest BCUT2D eigenvalue weighted by Gasteiger charge is -2.19. The van der Waals surface area contributed by atoms with Crippen LogP contribution in [0.15, 0.2) is 59.5 Å². The lowest BCUT2D eigenvalue weighted by Crippen LogP contribution is -2.30. The lowest BCUT2D eigenvalue weighted by atomic mass is 10.1. The summed E-state index contributed by atoms with van der Waals surface area (Å²) >= 11 is 0. The first kappa shape index (κ1) is 20.5. The van der Waals surface area contributed by atoms with Gasteiger partial charge in [-0.25, -0.2) is 8.42 Å². The average Bonchev–Trinajstić information content (AvgIpc) is 3.59. The standard InChI is InChI=1S/C23H25N3O3S/c1-3-26(4-2)30(28,29)18-9-7-8-17(14-18)24-23(27)20-15-22(16-12-13-16)25-21-11-6-5-10-19(20)21/h5-11,14-16H,3-4,12-13H2,1-2H3,(H,24,27). The SMILES string of the molecule is CCN(CC)S(=O)(=O)c1cccc(NC(=O)c2cc(C3CC3)nc3ccccc23)c1. The van der Waals surface area contributed by atoms with Gasteiger partial charge in [0.15, 0.2) is 0 Å². The van der Waals surface area contributed by atoms with Crippen LogP contribution in [0.4, 0.5) is 5.69 Å². The van der Waals surface area contributed by atoms with E-state index in [1.165, 1.54) is 10.4 Å². The Morgan fingerprint density at radius 3 is 2.50 bits per heavy atom. The second kappa shape index (κ2) is 8.16. The molecule has 0 aliphatic heterocycles. The van der Waals surface area contributed by atoms with Gasteiger partial charge in [-0.15, -0.1) is 0 Å². The van der Waals surface area contributed by atoms with Gasteiger partial charge in [0.25, 0.3) is 5.91 Å². The monoisotopic (exact) mass is 423 g/mol. The van der Waals surface area contributed by atoms with Gasteiger partial charge in [0, 0.05) is 35.8 Å². The molecule has 1 heterocycles. The Morgan fingerprint density at radius 1 is 1.07 bits per heavy atom. The number of pyridine rings is 1. The van der Waals surface area contributed by atoms with Crippen LogP contribution < -0.4 is 5.32 Å². The lowest BCUT2D eigenvalue weighted by molar-refractivity contribution is 0.102. The first-order valence-electron chi connectivity index (χ1n) is 10.2. The van der Waals surface area contributed by atoms with Gasteiger partial charge >= 0.3 is 0 Å². The molecule has 0 bridgehead atoms. The molecule has 6 nitrogen and oxygen atoms in total. The fourth-order valence-electron chi connectivity index (χ4n) is 3.62. The molecule has 1 aliphatic rings. The number of fused-ring (bicyclic) bond motifs is 1. The molecule has 1 aliphatic carbocycles. The van der Waals surface area contributed by atoms with Crippen molar-refractivity contribution in [2.45, 2.75) is 37.5 Å². The third kappa shape index (κ3) is 3.95. The number of sulfonamides is 1. The first-order valence-corrected chi connectivity index (χ1v) is 11.7. The van der Waals surface area contributed by atoms with Crippen LogP contribution in [-0.4, -0.2) is 36.7 Å². The zero-order chi connectivity index (χ0) is 21.3. The fraction of sp³-hybridized carbons (Fsp3) is 0.304. The maximum absolute atomic E-state index is 13.1. The van der Waals surface area contributed by atoms with E-state index < -0.39 is 10.0 Å². The summed E-state index contributed by atoms with van der Waals surface area (Å²) in [6.45, 7) is 4.39. The van der Waals surface area contributed by atoms with Gasteiger partial charge in [-0.1, -0.05) is 38.1 Å². The molecule has 2 aromatic carbocycles. The highest BCUT2D eigenvalue weighted by Gasteiger charge is 2.27. The molecule has 30 heavy (non-hydrogen) atoms. The number of aromatic nitrogens is 1. The number of anilines is 1. The molecule has 1 amide bonds. The highest BCUT2D eigenvalue weighted by molar-refractivity contribution is 7.89. The topological polar surface area (TPSA) is 79.4 Å². The summed E-state index contributed by atoms with van der Waals surface area (Å²) in [6.07, 6.45) is 2.19. The highest BCUT2D eigenvalue weighted by Crippen LogP contribution is 2.40. The quantitative estimate of drug-likeness (QED) is 0.611. The van der Waals surface area contributed by atoms with Crippen molar-refractivity contribution in [3.05, 3.63) is 65.9 Å². The van der Waals surface area contributed by atoms with Crippen molar-refractivity contribution in [2.75, 3.05) is 18.4 Å². The highest BCUT2D eigenvalue weighted by atomic mass is 32.2. The normalized spacial score (nSPS) is 14.2. The van der Waals surface area contributed by atoms with E-state index in [2.05, 4.69) is 5.32 Å². The molecule has 0 spiro atoms. The Bertz CT molecular complexity index is 1200. The number of nitrogens with zero attached hydrogens (tertiary/aromatic N) is 2. The molecule has 156 valence electrons. The predicted octanol–water partition coefficient (Wildman–Crippen LogP) is 4.40. The molecular weight excluding hydrogens is 398 g/mol. The number of carbonyl (C=O) groups excluding carboxylic acids is 1. The predicted molar refractivity (Wildman–Crippen MR) is 118 cm³/mol. The van der Waals surface area contributed by atoms with Crippen LogP contribution in [0.25, 0.3) is 10.9 Å². The minimum Gasteiger partial charge on any atom is -0.322 e. The molecule has 0 atom stereocenters. The van der Waals surface area contributed by atoms with Crippen LogP contribution in [0.5, 0.6) is 0 Å². The van der Waals surface area contributed by atoms with E-state index in [1.54, 1.807) is 32.0 Å². The number of para-hydroxylation sites is 1. The molecule has 1 aromatic heterocycles. The van der Waals surface area contributed by atoms with E-state index in [0.717, 1.165) is 29.4 Å². The van der Waals surface area contributed by atoms with Crippen LogP contribution in [0, 0.1) is 0 Å². The van der Waals surface area contributed by atoms with Crippen molar-refractivity contribution < 1.29 is 13.2 Å². The molecule has 3 aromatic rings. The Hall–Kier alpha value is -2.77. The Kier molecular flexibility index (Phi) is 5.58. The fourth-order valence-corrected chi connectivity index (χ4v) is 5.12. The van der Waals surface area contributed by atoms with E-state index in [-0.39, 0.29) is 10.8 Å². The van der Waals surface area contributed by atoms with Gasteiger partial charge in [-0.2, -0.15) is 4.31 Å². The average molecular weight is 424 g/mol. The summed E-state index contributed by atoms with van der Waals surface area (Å²) in [5.41, 5.74) is 2.74. The summed E-state index contributed by atoms with van der Waals surface area (Å²) in [7, 11) is -3.60. The van der Waals surface area contributed by atoms with Gasteiger partial charge in [-0.05, 0) is 43.2 Å². The van der Waals surface area contributed by atoms with E-state index in [1.807, 2.05) is 30.3 Å². The number of hydrogen-bond acceptors (Lipinski definition) is 4. The molecule has 0 unspecified atom stereocenters. The van der Waals surface area contributed by atoms with Crippen molar-refractivity contribution in [1.29, 1.82) is 0 Å². The molecule has 0 radical (unpaired) electrons. The summed E-state index contributed by atoms with van der Waals surface area (Å²) in [5, 5.41) is 3.66. The van der Waals surface area contributed by atoms with Gasteiger partial charge in [-0.3, -0.25) is 9.78 Å². The van der Waals surface area contributed by atoms with E-state index in [0.29, 0.717) is 30.3 Å². The van der Waals surface area contributed by atoms with Crippen molar-refractivity contribution in [1.82, 2.24) is 9.29 Å². The van der Waals surface area contributed by atoms with Crippen LogP contribution in [-0.2, 0) is 10.0 Å². The summed E-state index contributed by atoms with van der Waals surface area (Å²) in [5.74, 6) is 0.150. The molecule has 1 N–H and O–H groups in total. The van der Waals surface area contributed by atoms with Crippen LogP contribution in [0.2, 0.25) is 0 Å². The molecular formula is C23H25N3O3S. The van der Waals surface area contributed by atoms with Gasteiger partial charge < -0.3 is 5.32 Å². The molecule has 4 rings (SSSR count). The first-order chi connectivity index (χ1) is 14.4. The molecule has 0 saturated heterocycles. The number of benzene rings is 2. The van der Waals surface area contributed by atoms with Crippen molar-refractivity contribution in [2.24, 2.45) is 0 Å². The second-order valence-electron chi connectivity index (χ2n) is 7.46. The Balaban J connectivity index is 1.67. The summed E-state index contributed by atoms with van der Waals surface area (Å²) in [4.78, 5) is 18.0. The number of carbonyl (C=O) groups is 1. The minimum absolute atomic E-state index is 0.169. The van der Waals surface area contributed by atoms with Crippen LogP contribution in [0.1, 0.15) is 48.7 Å². The van der Waals surface area contributed by atoms with E-state index >= 15 is 0 Å². The number of hydrogen-bond donors (Lipinski definition) is 1. The van der Waals surface area contributed by atoms with Crippen molar-refractivity contribution in [3.8, 4) is 0 Å². The smallest absolute Gasteiger partial charge is 0.256 e. The summed E-state index contributed by atoms with van der Waals surface area (Å²) < 4.78 is 27.0. The molecule has 1 saturated carbocycles. The molecule has 1 fully saturated rings. The number of amides is 1. The van der Waals surface area contributed by atoms with Crippen molar-refractivity contribution in [3.63, 3.8) is 0 Å². The summed E-state index contributed by atoms with van der Waals surface area (Å²) in [6, 6.07) is 15.9. The third-order valence-electron chi connectivity index (χ3n) is 5.41. The van der Waals surface area contributed by atoms with Crippen LogP contribution >= 0.6 is 0 Å². The van der Waals surface area contributed by atoms with Crippen LogP contribution in [0.3, 0.4) is 0 Å². The largest absolute Gasteiger partial charge is 0.322 e. The van der Waals surface area contributed by atoms with Gasteiger partial charge in [0.05, 0.1) is 16.0 Å². The zero-order valence-electron chi connectivity index (χ0n) is 17.1. The molecule has 7 heteroatoms. The zero-order valence-corrected chi connectivity index (χ0v) is 17.9. The minimum atomic E-state index is -3.60. The Morgan fingerprint density at radius 2 is 1.80 bits per heavy atom. The van der Waals surface area contributed by atoms with E-state index in [9.17, 15) is 13.2 Å². The number of rotatable bonds is 7. The Labute approximate surface area is 177 Å². The van der Waals surface area contributed by atoms with Crippen molar-refractivity contribution >= 4 is 32.5 Å². The maximum atomic E-state index is 13.1.